The largest absolute Gasteiger partial charge is 0.445 e. The predicted octanol–water partition coefficient (Wildman–Crippen LogP) is 2.12. The zero-order valence-electron chi connectivity index (χ0n) is 9.84. The van der Waals surface area contributed by atoms with Crippen molar-refractivity contribution in [1.82, 2.24) is 10.3 Å². The minimum Gasteiger partial charge on any atom is -0.445 e. The van der Waals surface area contributed by atoms with Gasteiger partial charge < -0.3 is 9.73 Å². The highest BCUT2D eigenvalue weighted by molar-refractivity contribution is 5.14. The number of hydrogen-bond acceptors (Lipinski definition) is 3. The zero-order chi connectivity index (χ0) is 10.8. The van der Waals surface area contributed by atoms with Gasteiger partial charge in [-0.05, 0) is 24.9 Å². The predicted molar refractivity (Wildman–Crippen MR) is 60.0 cm³/mol. The third kappa shape index (κ3) is 2.23. The second-order valence-corrected chi connectivity index (χ2v) is 4.65. The Morgan fingerprint density at radius 2 is 2.20 bits per heavy atom. The Kier molecular flexibility index (Phi) is 3.10. The monoisotopic (exact) mass is 208 g/mol. The Hall–Kier alpha value is -0.830. The van der Waals surface area contributed by atoms with Crippen LogP contribution in [0.2, 0.25) is 0 Å². The Labute approximate surface area is 91.3 Å². The molecule has 0 atom stereocenters. The van der Waals surface area contributed by atoms with E-state index in [2.05, 4.69) is 31.1 Å². The summed E-state index contributed by atoms with van der Waals surface area (Å²) < 4.78 is 5.79. The lowest BCUT2D eigenvalue weighted by molar-refractivity contribution is 0.314. The van der Waals surface area contributed by atoms with Gasteiger partial charge in [0.1, 0.15) is 5.76 Å². The Morgan fingerprint density at radius 3 is 2.60 bits per heavy atom. The number of aryl methyl sites for hydroxylation is 1. The fourth-order valence-electron chi connectivity index (χ4n) is 1.95. The molecule has 1 saturated heterocycles. The number of oxazole rings is 1. The topological polar surface area (TPSA) is 38.1 Å². The standard InChI is InChI=1S/C12H20N2O/c1-4-10-12(8(2)3)14-11(15-10)5-9-6-13-7-9/h8-9,13H,4-7H2,1-3H3. The van der Waals surface area contributed by atoms with E-state index in [1.54, 1.807) is 0 Å². The molecule has 0 aliphatic carbocycles. The molecule has 0 unspecified atom stereocenters. The fraction of sp³-hybridized carbons (Fsp3) is 0.750. The van der Waals surface area contributed by atoms with Gasteiger partial charge in [-0.3, -0.25) is 0 Å². The summed E-state index contributed by atoms with van der Waals surface area (Å²) in [5.41, 5.74) is 1.15. The molecule has 3 heteroatoms. The molecule has 2 rings (SSSR count). The van der Waals surface area contributed by atoms with Gasteiger partial charge in [-0.2, -0.15) is 0 Å². The first kappa shape index (κ1) is 10.7. The lowest BCUT2D eigenvalue weighted by Crippen LogP contribution is -2.43. The van der Waals surface area contributed by atoms with Crippen LogP contribution in [0, 0.1) is 5.92 Å². The molecule has 15 heavy (non-hydrogen) atoms. The quantitative estimate of drug-likeness (QED) is 0.823. The van der Waals surface area contributed by atoms with Gasteiger partial charge in [0, 0.05) is 12.8 Å². The molecule has 0 amide bonds. The van der Waals surface area contributed by atoms with E-state index in [4.69, 9.17) is 4.42 Å². The summed E-state index contributed by atoms with van der Waals surface area (Å²) in [5, 5.41) is 3.27. The smallest absolute Gasteiger partial charge is 0.195 e. The van der Waals surface area contributed by atoms with Gasteiger partial charge in [0.25, 0.3) is 0 Å². The minimum atomic E-state index is 0.469. The maximum atomic E-state index is 5.79. The van der Waals surface area contributed by atoms with E-state index in [0.29, 0.717) is 5.92 Å². The molecule has 1 aromatic heterocycles. The zero-order valence-corrected chi connectivity index (χ0v) is 9.84. The second-order valence-electron chi connectivity index (χ2n) is 4.65. The van der Waals surface area contributed by atoms with Crippen molar-refractivity contribution in [3.63, 3.8) is 0 Å². The van der Waals surface area contributed by atoms with Crippen LogP contribution in [0.1, 0.15) is 44.0 Å². The highest BCUT2D eigenvalue weighted by Crippen LogP contribution is 2.22. The minimum absolute atomic E-state index is 0.469. The van der Waals surface area contributed by atoms with Crippen molar-refractivity contribution in [1.29, 1.82) is 0 Å². The number of aromatic nitrogens is 1. The molecular formula is C12H20N2O. The van der Waals surface area contributed by atoms with Crippen molar-refractivity contribution in [2.45, 2.75) is 39.5 Å². The van der Waals surface area contributed by atoms with Crippen LogP contribution in [0.3, 0.4) is 0 Å². The maximum Gasteiger partial charge on any atom is 0.195 e. The first-order valence-electron chi connectivity index (χ1n) is 5.89. The van der Waals surface area contributed by atoms with E-state index in [1.165, 1.54) is 0 Å². The first-order valence-corrected chi connectivity index (χ1v) is 5.89. The number of hydrogen-bond donors (Lipinski definition) is 1. The first-order chi connectivity index (χ1) is 7.20. The summed E-state index contributed by atoms with van der Waals surface area (Å²) in [6, 6.07) is 0. The average Bonchev–Trinajstić information content (AvgIpc) is 2.54. The van der Waals surface area contributed by atoms with Gasteiger partial charge in [0.05, 0.1) is 5.69 Å². The summed E-state index contributed by atoms with van der Waals surface area (Å²) in [7, 11) is 0. The van der Waals surface area contributed by atoms with Crippen LogP contribution in [0.4, 0.5) is 0 Å². The lowest BCUT2D eigenvalue weighted by Gasteiger charge is -2.25. The van der Waals surface area contributed by atoms with Gasteiger partial charge in [-0.1, -0.05) is 20.8 Å². The number of nitrogens with zero attached hydrogens (tertiary/aromatic N) is 1. The molecule has 1 N–H and O–H groups in total. The van der Waals surface area contributed by atoms with E-state index >= 15 is 0 Å². The van der Waals surface area contributed by atoms with Crippen LogP contribution in [0.15, 0.2) is 4.42 Å². The highest BCUT2D eigenvalue weighted by Gasteiger charge is 2.21. The lowest BCUT2D eigenvalue weighted by atomic mass is 10.00. The fourth-order valence-corrected chi connectivity index (χ4v) is 1.95. The molecule has 1 fully saturated rings. The van der Waals surface area contributed by atoms with E-state index in [1.807, 2.05) is 0 Å². The van der Waals surface area contributed by atoms with Gasteiger partial charge in [0.15, 0.2) is 5.89 Å². The average molecular weight is 208 g/mol. The molecule has 1 aliphatic heterocycles. The van der Waals surface area contributed by atoms with E-state index in [0.717, 1.165) is 49.2 Å². The van der Waals surface area contributed by atoms with Crippen molar-refractivity contribution in [3.8, 4) is 0 Å². The second kappa shape index (κ2) is 4.35. The molecule has 3 nitrogen and oxygen atoms in total. The number of nitrogens with one attached hydrogen (secondary N) is 1. The molecule has 2 heterocycles. The molecule has 0 aromatic carbocycles. The van der Waals surface area contributed by atoms with Crippen LogP contribution in [0.5, 0.6) is 0 Å². The van der Waals surface area contributed by atoms with Crippen molar-refractivity contribution < 1.29 is 4.42 Å². The molecule has 84 valence electrons. The van der Waals surface area contributed by atoms with Gasteiger partial charge in [-0.25, -0.2) is 4.98 Å². The molecular weight excluding hydrogens is 188 g/mol. The van der Waals surface area contributed by atoms with Crippen LogP contribution < -0.4 is 5.32 Å². The third-order valence-corrected chi connectivity index (χ3v) is 2.97. The van der Waals surface area contributed by atoms with Crippen molar-refractivity contribution in [3.05, 3.63) is 17.3 Å². The van der Waals surface area contributed by atoms with E-state index in [9.17, 15) is 0 Å². The van der Waals surface area contributed by atoms with Crippen molar-refractivity contribution in [2.24, 2.45) is 5.92 Å². The summed E-state index contributed by atoms with van der Waals surface area (Å²) in [4.78, 5) is 4.61. The normalized spacial score (nSPS) is 17.1. The van der Waals surface area contributed by atoms with Gasteiger partial charge >= 0.3 is 0 Å². The van der Waals surface area contributed by atoms with Crippen molar-refractivity contribution in [2.75, 3.05) is 13.1 Å². The van der Waals surface area contributed by atoms with Gasteiger partial charge in [-0.15, -0.1) is 0 Å². The Bertz CT molecular complexity index is 326. The third-order valence-electron chi connectivity index (χ3n) is 2.97. The van der Waals surface area contributed by atoms with Crippen LogP contribution in [-0.4, -0.2) is 18.1 Å². The molecule has 1 aliphatic rings. The highest BCUT2D eigenvalue weighted by atomic mass is 16.4. The van der Waals surface area contributed by atoms with E-state index in [-0.39, 0.29) is 0 Å². The van der Waals surface area contributed by atoms with Gasteiger partial charge in [0.2, 0.25) is 0 Å². The molecule has 0 saturated carbocycles. The summed E-state index contributed by atoms with van der Waals surface area (Å²) in [6.07, 6.45) is 1.94. The van der Waals surface area contributed by atoms with Crippen LogP contribution in [0.25, 0.3) is 0 Å². The Balaban J connectivity index is 2.10. The number of rotatable bonds is 4. The molecule has 1 aromatic rings. The summed E-state index contributed by atoms with van der Waals surface area (Å²) >= 11 is 0. The summed E-state index contributed by atoms with van der Waals surface area (Å²) in [6.45, 7) is 8.69. The van der Waals surface area contributed by atoms with Crippen molar-refractivity contribution >= 4 is 0 Å². The molecule has 0 radical (unpaired) electrons. The van der Waals surface area contributed by atoms with Crippen LogP contribution >= 0.6 is 0 Å². The van der Waals surface area contributed by atoms with E-state index < -0.39 is 0 Å². The SMILES string of the molecule is CCc1oc(CC2CNC2)nc1C(C)C. The molecule has 0 spiro atoms. The maximum absolute atomic E-state index is 5.79. The summed E-state index contributed by atoms with van der Waals surface area (Å²) in [5.74, 6) is 3.21. The van der Waals surface area contributed by atoms with Crippen LogP contribution in [-0.2, 0) is 12.8 Å². The molecule has 0 bridgehead atoms. The Morgan fingerprint density at radius 1 is 1.47 bits per heavy atom.